The van der Waals surface area contributed by atoms with Crippen LogP contribution < -0.4 is 7.74 Å². The molecule has 0 saturated heterocycles. The molecule has 6 aromatic carbocycles. The normalized spacial score (nSPS) is 15.5. The molecule has 2 aliphatic carbocycles. The van der Waals surface area contributed by atoms with Crippen molar-refractivity contribution in [3.8, 4) is 22.3 Å². The second kappa shape index (κ2) is 8.70. The molecular formula is C42H40SiTi. The summed E-state index contributed by atoms with van der Waals surface area (Å²) >= 11 is -5.29. The van der Waals surface area contributed by atoms with E-state index in [1.165, 1.54) is 44.5 Å². The first kappa shape index (κ1) is 27.8. The first-order valence-electron chi connectivity index (χ1n) is 16.1. The molecule has 0 atom stereocenters. The Labute approximate surface area is 259 Å². The van der Waals surface area contributed by atoms with Gasteiger partial charge in [-0.2, -0.15) is 0 Å². The van der Waals surface area contributed by atoms with Gasteiger partial charge in [-0.3, -0.25) is 0 Å². The summed E-state index contributed by atoms with van der Waals surface area (Å²) in [5.74, 6) is 0. The van der Waals surface area contributed by atoms with Crippen molar-refractivity contribution in [2.24, 2.45) is 0 Å². The average molecular weight is 621 g/mol. The van der Waals surface area contributed by atoms with Crippen LogP contribution in [0.4, 0.5) is 0 Å². The number of hydrogen-bond acceptors (Lipinski definition) is 0. The predicted molar refractivity (Wildman–Crippen MR) is 189 cm³/mol. The Morgan fingerprint density at radius 3 is 1.23 bits per heavy atom. The second-order valence-corrected chi connectivity index (χ2v) is 49.2. The van der Waals surface area contributed by atoms with E-state index >= 15 is 0 Å². The van der Waals surface area contributed by atoms with Gasteiger partial charge in [0.15, 0.2) is 0 Å². The first-order chi connectivity index (χ1) is 21.1. The summed E-state index contributed by atoms with van der Waals surface area (Å²) in [4.78, 5) is 0. The van der Waals surface area contributed by atoms with Crippen LogP contribution >= 0.6 is 0 Å². The van der Waals surface area contributed by atoms with Crippen molar-refractivity contribution in [2.45, 2.75) is 32.7 Å². The van der Waals surface area contributed by atoms with E-state index in [4.69, 9.17) is 0 Å². The van der Waals surface area contributed by atoms with Crippen molar-refractivity contribution < 1.29 is 11.5 Å². The fraction of sp³-hybridized carbons (Fsp3) is 0.143. The minimum atomic E-state index is -5.29. The molecule has 0 radical (unpaired) electrons. The molecule has 0 N–H and O–H groups in total. The van der Waals surface area contributed by atoms with E-state index in [0.717, 1.165) is 22.3 Å². The molecule has 0 heterocycles. The van der Waals surface area contributed by atoms with Crippen molar-refractivity contribution in [1.82, 2.24) is 0 Å². The van der Waals surface area contributed by atoms with Crippen LogP contribution in [0.3, 0.4) is 0 Å². The van der Waals surface area contributed by atoms with E-state index in [9.17, 15) is 0 Å². The van der Waals surface area contributed by atoms with Gasteiger partial charge in [0.1, 0.15) is 0 Å². The molecule has 0 unspecified atom stereocenters. The van der Waals surface area contributed by atoms with Crippen molar-refractivity contribution in [2.75, 3.05) is 0 Å². The Hall–Kier alpha value is -3.75. The molecular weight excluding hydrogens is 580 g/mol. The number of benzene rings is 6. The van der Waals surface area contributed by atoms with Gasteiger partial charge < -0.3 is 0 Å². The maximum absolute atomic E-state index is 5.29. The van der Waals surface area contributed by atoms with E-state index in [-0.39, 0.29) is 0 Å². The van der Waals surface area contributed by atoms with Crippen LogP contribution in [-0.4, -0.2) is 7.63 Å². The molecule has 2 aliphatic rings. The predicted octanol–water partition coefficient (Wildman–Crippen LogP) is 8.59. The number of rotatable bonds is 6. The van der Waals surface area contributed by atoms with Gasteiger partial charge >= 0.3 is 261 Å². The third kappa shape index (κ3) is 3.80. The maximum atomic E-state index is 2.81. The Bertz CT molecular complexity index is 2090. The molecule has 8 rings (SSSR count). The molecule has 44 heavy (non-hydrogen) atoms. The SMILES string of the molecule is [CH3][Ti]([CH3])(=[SiH2])([CH2]c1ccccc1)([CH2]c1ccccc1)([c]1cccc2c1Cc1ccccc1-2)[c]1cccc2c1Cc1ccccc1-2. The van der Waals surface area contributed by atoms with Gasteiger partial charge in [0.2, 0.25) is 0 Å². The fourth-order valence-electron chi connectivity index (χ4n) is 10.1. The van der Waals surface area contributed by atoms with Gasteiger partial charge in [0.05, 0.1) is 0 Å². The minimum absolute atomic E-state index is 0.993. The zero-order valence-electron chi connectivity index (χ0n) is 25.9. The molecule has 2 heteroatoms. The Morgan fingerprint density at radius 1 is 0.432 bits per heavy atom. The van der Waals surface area contributed by atoms with Gasteiger partial charge in [0, 0.05) is 0 Å². The number of fused-ring (bicyclic) bond motifs is 6. The fourth-order valence-corrected chi connectivity index (χ4v) is 31.1. The molecule has 0 saturated carbocycles. The molecule has 0 bridgehead atoms. The molecule has 6 aromatic rings. The molecule has 0 amide bonds. The van der Waals surface area contributed by atoms with Crippen LogP contribution in [-0.2, 0) is 33.8 Å². The molecule has 0 fully saturated rings. The van der Waals surface area contributed by atoms with E-state index in [1.54, 1.807) is 18.9 Å². The van der Waals surface area contributed by atoms with Crippen LogP contribution in [0.1, 0.15) is 33.4 Å². The molecule has 216 valence electrons. The Balaban J connectivity index is 1.56. The van der Waals surface area contributed by atoms with Crippen LogP contribution in [0, 0.1) is 0 Å². The van der Waals surface area contributed by atoms with Crippen molar-refractivity contribution >= 4 is 15.4 Å². The molecule has 0 aliphatic heterocycles. The summed E-state index contributed by atoms with van der Waals surface area (Å²) in [7, 11) is 2.45. The van der Waals surface area contributed by atoms with Crippen LogP contribution in [0.5, 0.6) is 0 Å². The summed E-state index contributed by atoms with van der Waals surface area (Å²) in [5, 5.41) is 5.63. The van der Waals surface area contributed by atoms with Crippen LogP contribution in [0.25, 0.3) is 22.3 Å². The average Bonchev–Trinajstić information content (AvgIpc) is 3.60. The first-order valence-corrected chi connectivity index (χ1v) is 27.1. The summed E-state index contributed by atoms with van der Waals surface area (Å²) in [6.07, 6.45) is 1.99. The quantitative estimate of drug-likeness (QED) is 0.163. The van der Waals surface area contributed by atoms with Gasteiger partial charge in [-0.15, -0.1) is 0 Å². The van der Waals surface area contributed by atoms with Crippen molar-refractivity contribution in [1.29, 1.82) is 0 Å². The second-order valence-electron chi connectivity index (χ2n) is 16.2. The molecule has 0 nitrogen and oxygen atoms in total. The Kier molecular flexibility index (Phi) is 5.49. The summed E-state index contributed by atoms with van der Waals surface area (Å²) in [6.45, 7) is 0. The monoisotopic (exact) mass is 620 g/mol. The van der Waals surface area contributed by atoms with Gasteiger partial charge in [-0.05, 0) is 0 Å². The third-order valence-electron chi connectivity index (χ3n) is 11.8. The van der Waals surface area contributed by atoms with E-state index in [2.05, 4.69) is 164 Å². The molecule has 0 aromatic heterocycles. The standard InChI is InChI=1S/2C13H9.2C7H7.2CH3.H2Si.Ti/c2*1-3-7-12-10(5-1)9-11-6-2-4-8-13(11)12;2*1-7-5-3-2-4-6-7;;;;/h2*1-5,7-8H,9H2;2*2-6H,1H2;2*1H3;1H2;. The van der Waals surface area contributed by atoms with E-state index in [0.29, 0.717) is 0 Å². The van der Waals surface area contributed by atoms with Crippen molar-refractivity contribution in [3.05, 3.63) is 179 Å². The Morgan fingerprint density at radius 2 is 0.795 bits per heavy atom. The van der Waals surface area contributed by atoms with Gasteiger partial charge in [-0.25, -0.2) is 0 Å². The summed E-state index contributed by atoms with van der Waals surface area (Å²) < 4.78 is 5.30. The topological polar surface area (TPSA) is 0 Å². The van der Waals surface area contributed by atoms with Crippen LogP contribution in [0.2, 0.25) is 10.5 Å². The van der Waals surface area contributed by atoms with Crippen molar-refractivity contribution in [3.63, 3.8) is 0 Å². The molecule has 0 spiro atoms. The van der Waals surface area contributed by atoms with E-state index in [1.807, 2.05) is 0 Å². The van der Waals surface area contributed by atoms with Gasteiger partial charge in [0.25, 0.3) is 0 Å². The zero-order valence-corrected chi connectivity index (χ0v) is 28.9. The number of hydrogen-bond donors (Lipinski definition) is 0. The van der Waals surface area contributed by atoms with Gasteiger partial charge in [-0.1, -0.05) is 0 Å². The third-order valence-corrected chi connectivity index (χ3v) is 32.4. The summed E-state index contributed by atoms with van der Waals surface area (Å²) in [5.41, 5.74) is 14.5. The van der Waals surface area contributed by atoms with Crippen LogP contribution in [0.15, 0.2) is 146 Å². The summed E-state index contributed by atoms with van der Waals surface area (Å²) in [6, 6.07) is 55.6. The van der Waals surface area contributed by atoms with E-state index < -0.39 is 11.5 Å². The zero-order chi connectivity index (χ0) is 30.1.